The van der Waals surface area contributed by atoms with Crippen molar-refractivity contribution in [3.05, 3.63) is 54.9 Å². The van der Waals surface area contributed by atoms with Crippen molar-refractivity contribution in [1.82, 2.24) is 24.3 Å². The minimum atomic E-state index is 0.934. The largest absolute Gasteiger partial charge is 0.351 e. The van der Waals surface area contributed by atoms with Crippen molar-refractivity contribution in [2.24, 2.45) is 0 Å². The standard InChI is InChI=1S/C16H18N6/c1-2-14(12-17-3-1)13-20-8-10-22(11-9-20)16-15-18-4-6-21(15)7-5-19-16/h1-7,12H,8-11,13H2. The van der Waals surface area contributed by atoms with Crippen LogP contribution in [0.2, 0.25) is 0 Å². The highest BCUT2D eigenvalue weighted by atomic mass is 15.3. The Morgan fingerprint density at radius 2 is 1.77 bits per heavy atom. The molecule has 22 heavy (non-hydrogen) atoms. The first-order chi connectivity index (χ1) is 10.9. The molecule has 4 rings (SSSR count). The van der Waals surface area contributed by atoms with E-state index in [0.29, 0.717) is 0 Å². The molecule has 0 atom stereocenters. The molecule has 0 saturated carbocycles. The van der Waals surface area contributed by atoms with Crippen LogP contribution in [-0.2, 0) is 6.54 Å². The number of aromatic nitrogens is 4. The molecule has 0 radical (unpaired) electrons. The number of imidazole rings is 1. The number of nitrogens with zero attached hydrogens (tertiary/aromatic N) is 6. The van der Waals surface area contributed by atoms with Crippen LogP contribution in [0.15, 0.2) is 49.3 Å². The molecule has 0 amide bonds. The second kappa shape index (κ2) is 5.73. The number of fused-ring (bicyclic) bond motifs is 1. The van der Waals surface area contributed by atoms with Gasteiger partial charge in [0, 0.05) is 69.9 Å². The summed E-state index contributed by atoms with van der Waals surface area (Å²) in [5, 5.41) is 0. The second-order valence-electron chi connectivity index (χ2n) is 5.53. The van der Waals surface area contributed by atoms with E-state index in [1.165, 1.54) is 5.56 Å². The Labute approximate surface area is 129 Å². The molecule has 6 heteroatoms. The molecule has 1 fully saturated rings. The first kappa shape index (κ1) is 13.2. The first-order valence-corrected chi connectivity index (χ1v) is 7.54. The van der Waals surface area contributed by atoms with E-state index in [9.17, 15) is 0 Å². The van der Waals surface area contributed by atoms with Crippen molar-refractivity contribution in [3.8, 4) is 0 Å². The van der Waals surface area contributed by atoms with Crippen LogP contribution >= 0.6 is 0 Å². The molecule has 0 aromatic carbocycles. The zero-order valence-electron chi connectivity index (χ0n) is 12.3. The molecule has 0 bridgehead atoms. The Kier molecular flexibility index (Phi) is 3.44. The van der Waals surface area contributed by atoms with Gasteiger partial charge in [0.05, 0.1) is 0 Å². The van der Waals surface area contributed by atoms with Gasteiger partial charge in [-0.05, 0) is 11.6 Å². The topological polar surface area (TPSA) is 49.6 Å². The van der Waals surface area contributed by atoms with Gasteiger partial charge >= 0.3 is 0 Å². The summed E-state index contributed by atoms with van der Waals surface area (Å²) in [6.07, 6.45) is 11.3. The average Bonchev–Trinajstić information content (AvgIpc) is 3.05. The fourth-order valence-electron chi connectivity index (χ4n) is 2.93. The molecule has 1 saturated heterocycles. The third kappa shape index (κ3) is 2.53. The molecule has 6 nitrogen and oxygen atoms in total. The van der Waals surface area contributed by atoms with Crippen LogP contribution in [-0.4, -0.2) is 50.4 Å². The summed E-state index contributed by atoms with van der Waals surface area (Å²) in [5.74, 6) is 0.980. The lowest BCUT2D eigenvalue weighted by molar-refractivity contribution is 0.249. The van der Waals surface area contributed by atoms with Gasteiger partial charge in [0.15, 0.2) is 11.5 Å². The number of pyridine rings is 1. The first-order valence-electron chi connectivity index (χ1n) is 7.54. The zero-order chi connectivity index (χ0) is 14.8. The van der Waals surface area contributed by atoms with Gasteiger partial charge in [-0.1, -0.05) is 6.07 Å². The fourth-order valence-corrected chi connectivity index (χ4v) is 2.93. The Balaban J connectivity index is 1.45. The number of piperazine rings is 1. The monoisotopic (exact) mass is 294 g/mol. The van der Waals surface area contributed by atoms with Gasteiger partial charge < -0.3 is 9.30 Å². The smallest absolute Gasteiger partial charge is 0.180 e. The molecule has 1 aliphatic rings. The molecule has 0 aliphatic carbocycles. The van der Waals surface area contributed by atoms with Gasteiger partial charge in [0.1, 0.15) is 0 Å². The van der Waals surface area contributed by atoms with Crippen molar-refractivity contribution < 1.29 is 0 Å². The normalized spacial score (nSPS) is 16.3. The maximum absolute atomic E-state index is 4.53. The van der Waals surface area contributed by atoms with Crippen molar-refractivity contribution in [3.63, 3.8) is 0 Å². The summed E-state index contributed by atoms with van der Waals surface area (Å²) in [7, 11) is 0. The summed E-state index contributed by atoms with van der Waals surface area (Å²) < 4.78 is 2.02. The van der Waals surface area contributed by atoms with E-state index in [-0.39, 0.29) is 0 Å². The van der Waals surface area contributed by atoms with E-state index >= 15 is 0 Å². The molecule has 0 N–H and O–H groups in total. The SMILES string of the molecule is c1cncc(CN2CCN(c3nccn4ccnc34)CC2)c1. The summed E-state index contributed by atoms with van der Waals surface area (Å²) in [4.78, 5) is 17.9. The maximum Gasteiger partial charge on any atom is 0.180 e. The molecule has 3 aromatic rings. The summed E-state index contributed by atoms with van der Waals surface area (Å²) in [5.41, 5.74) is 2.20. The zero-order valence-corrected chi connectivity index (χ0v) is 12.3. The van der Waals surface area contributed by atoms with Crippen molar-refractivity contribution in [2.75, 3.05) is 31.1 Å². The Morgan fingerprint density at radius 1 is 0.955 bits per heavy atom. The van der Waals surface area contributed by atoms with Crippen molar-refractivity contribution >= 4 is 11.5 Å². The summed E-state index contributed by atoms with van der Waals surface area (Å²) >= 11 is 0. The Bertz CT molecular complexity index is 745. The van der Waals surface area contributed by atoms with Crippen molar-refractivity contribution in [1.29, 1.82) is 0 Å². The molecule has 4 heterocycles. The van der Waals surface area contributed by atoms with Crippen LogP contribution < -0.4 is 4.90 Å². The van der Waals surface area contributed by atoms with E-state index in [4.69, 9.17) is 0 Å². The average molecular weight is 294 g/mol. The predicted octanol–water partition coefficient (Wildman–Crippen LogP) is 1.45. The highest BCUT2D eigenvalue weighted by molar-refractivity contribution is 5.64. The lowest BCUT2D eigenvalue weighted by atomic mass is 10.2. The van der Waals surface area contributed by atoms with Gasteiger partial charge in [0.25, 0.3) is 0 Å². The van der Waals surface area contributed by atoms with Crippen LogP contribution in [0.3, 0.4) is 0 Å². The van der Waals surface area contributed by atoms with Gasteiger partial charge in [-0.3, -0.25) is 9.88 Å². The van der Waals surface area contributed by atoms with Gasteiger partial charge in [-0.25, -0.2) is 9.97 Å². The van der Waals surface area contributed by atoms with Crippen molar-refractivity contribution in [2.45, 2.75) is 6.54 Å². The highest BCUT2D eigenvalue weighted by Crippen LogP contribution is 2.19. The van der Waals surface area contributed by atoms with Crippen LogP contribution in [0.4, 0.5) is 5.82 Å². The highest BCUT2D eigenvalue weighted by Gasteiger charge is 2.20. The number of anilines is 1. The van der Waals surface area contributed by atoms with Crippen LogP contribution in [0.5, 0.6) is 0 Å². The Morgan fingerprint density at radius 3 is 2.55 bits per heavy atom. The number of hydrogen-bond donors (Lipinski definition) is 0. The summed E-state index contributed by atoms with van der Waals surface area (Å²) in [6.45, 7) is 4.96. The van der Waals surface area contributed by atoms with Crippen LogP contribution in [0.1, 0.15) is 5.56 Å². The fraction of sp³-hybridized carbons (Fsp3) is 0.312. The summed E-state index contributed by atoms with van der Waals surface area (Å²) in [6, 6.07) is 4.13. The molecule has 1 aliphatic heterocycles. The molecule has 0 spiro atoms. The van der Waals surface area contributed by atoms with Crippen LogP contribution in [0.25, 0.3) is 5.65 Å². The van der Waals surface area contributed by atoms with E-state index in [0.717, 1.165) is 44.2 Å². The third-order valence-corrected chi connectivity index (χ3v) is 4.09. The van der Waals surface area contributed by atoms with E-state index in [1.807, 2.05) is 47.6 Å². The number of rotatable bonds is 3. The van der Waals surface area contributed by atoms with E-state index in [1.54, 1.807) is 0 Å². The second-order valence-corrected chi connectivity index (χ2v) is 5.53. The molecule has 3 aromatic heterocycles. The number of hydrogen-bond acceptors (Lipinski definition) is 5. The maximum atomic E-state index is 4.53. The molecule has 112 valence electrons. The minimum Gasteiger partial charge on any atom is -0.351 e. The third-order valence-electron chi connectivity index (χ3n) is 4.09. The lowest BCUT2D eigenvalue weighted by Crippen LogP contribution is -2.46. The van der Waals surface area contributed by atoms with Gasteiger partial charge in [-0.2, -0.15) is 0 Å². The molecular weight excluding hydrogens is 276 g/mol. The van der Waals surface area contributed by atoms with E-state index in [2.05, 4.69) is 30.8 Å². The minimum absolute atomic E-state index is 0.934. The van der Waals surface area contributed by atoms with E-state index < -0.39 is 0 Å². The quantitative estimate of drug-likeness (QED) is 0.732. The van der Waals surface area contributed by atoms with Gasteiger partial charge in [-0.15, -0.1) is 0 Å². The molecular formula is C16H18N6. The Hall–Kier alpha value is -2.47. The van der Waals surface area contributed by atoms with Crippen LogP contribution in [0, 0.1) is 0 Å². The van der Waals surface area contributed by atoms with Gasteiger partial charge in [0.2, 0.25) is 0 Å². The predicted molar refractivity (Wildman–Crippen MR) is 84.7 cm³/mol. The lowest BCUT2D eigenvalue weighted by Gasteiger charge is -2.35. The molecule has 0 unspecified atom stereocenters.